The number of likely N-dealkylation sites (tertiary alicyclic amines) is 1. The third-order valence-electron chi connectivity index (χ3n) is 4.95. The van der Waals surface area contributed by atoms with Gasteiger partial charge in [0.25, 0.3) is 5.91 Å². The molecule has 2 aromatic rings. The molecule has 1 fully saturated rings. The third-order valence-corrected chi connectivity index (χ3v) is 4.95. The normalized spacial score (nSPS) is 16.6. The van der Waals surface area contributed by atoms with Crippen molar-refractivity contribution in [3.8, 4) is 0 Å². The van der Waals surface area contributed by atoms with Crippen LogP contribution in [0.1, 0.15) is 33.8 Å². The summed E-state index contributed by atoms with van der Waals surface area (Å²) in [5.74, 6) is 1.42. The molecule has 1 aromatic heterocycles. The molecule has 7 nitrogen and oxygen atoms in total. The number of nitrogens with one attached hydrogen (secondary N) is 1. The molecule has 3 rings (SSSR count). The Morgan fingerprint density at radius 2 is 2.04 bits per heavy atom. The largest absolute Gasteiger partial charge is 0.352 e. The highest BCUT2D eigenvalue weighted by Crippen LogP contribution is 2.26. The summed E-state index contributed by atoms with van der Waals surface area (Å²) in [4.78, 5) is 20.3. The highest BCUT2D eigenvalue weighted by molar-refractivity contribution is 14.0. The molecule has 28 heavy (non-hydrogen) atoms. The number of aromatic nitrogens is 2. The molecule has 1 atom stereocenters. The zero-order chi connectivity index (χ0) is 19.4. The van der Waals surface area contributed by atoms with Crippen molar-refractivity contribution in [2.24, 2.45) is 12.0 Å². The van der Waals surface area contributed by atoms with E-state index in [9.17, 15) is 4.79 Å². The van der Waals surface area contributed by atoms with Crippen molar-refractivity contribution in [1.82, 2.24) is 24.9 Å². The Labute approximate surface area is 183 Å². The molecule has 0 saturated carbocycles. The zero-order valence-corrected chi connectivity index (χ0v) is 19.3. The lowest BCUT2D eigenvalue weighted by molar-refractivity contribution is 0.0827. The van der Waals surface area contributed by atoms with Gasteiger partial charge in [-0.3, -0.25) is 14.5 Å². The summed E-state index contributed by atoms with van der Waals surface area (Å²) in [7, 11) is 7.29. The van der Waals surface area contributed by atoms with Crippen LogP contribution < -0.4 is 5.32 Å². The molecule has 0 radical (unpaired) electrons. The lowest BCUT2D eigenvalue weighted by Gasteiger charge is -2.21. The lowest BCUT2D eigenvalue weighted by atomic mass is 10.0. The average Bonchev–Trinajstić information content (AvgIpc) is 3.31. The Bertz CT molecular complexity index is 814. The summed E-state index contributed by atoms with van der Waals surface area (Å²) < 4.78 is 1.86. The molecule has 1 aliphatic rings. The number of halogens is 1. The van der Waals surface area contributed by atoms with Gasteiger partial charge in [-0.25, -0.2) is 0 Å². The minimum absolute atomic E-state index is 0. The highest BCUT2D eigenvalue weighted by atomic mass is 127. The van der Waals surface area contributed by atoms with Crippen LogP contribution in [0.3, 0.4) is 0 Å². The lowest BCUT2D eigenvalue weighted by Crippen LogP contribution is -2.39. The predicted octanol–water partition coefficient (Wildman–Crippen LogP) is 2.30. The minimum Gasteiger partial charge on any atom is -0.352 e. The first-order valence-corrected chi connectivity index (χ1v) is 9.22. The topological polar surface area (TPSA) is 65.8 Å². The van der Waals surface area contributed by atoms with E-state index < -0.39 is 0 Å². The fourth-order valence-electron chi connectivity index (χ4n) is 3.41. The van der Waals surface area contributed by atoms with Crippen LogP contribution in [0.15, 0.2) is 41.7 Å². The van der Waals surface area contributed by atoms with Gasteiger partial charge in [-0.15, -0.1) is 24.0 Å². The molecule has 8 heteroatoms. The molecule has 1 saturated heterocycles. The molecule has 1 N–H and O–H groups in total. The van der Waals surface area contributed by atoms with Crippen molar-refractivity contribution in [2.75, 3.05) is 34.2 Å². The van der Waals surface area contributed by atoms with Crippen LogP contribution in [0.5, 0.6) is 0 Å². The van der Waals surface area contributed by atoms with Gasteiger partial charge >= 0.3 is 0 Å². The third kappa shape index (κ3) is 5.24. The van der Waals surface area contributed by atoms with Crippen LogP contribution in [0, 0.1) is 0 Å². The van der Waals surface area contributed by atoms with Gasteiger partial charge in [-0.1, -0.05) is 12.1 Å². The van der Waals surface area contributed by atoms with Gasteiger partial charge in [0.15, 0.2) is 5.96 Å². The summed E-state index contributed by atoms with van der Waals surface area (Å²) >= 11 is 0. The van der Waals surface area contributed by atoms with E-state index in [2.05, 4.69) is 26.5 Å². The SMILES string of the molecule is CN=C(NCc1ccc(C(=O)N(C)C)cc1)N1CCC(c2cnn(C)c2)C1.I. The molecule has 0 spiro atoms. The number of hydrogen-bond acceptors (Lipinski definition) is 3. The summed E-state index contributed by atoms with van der Waals surface area (Å²) in [5, 5.41) is 7.72. The summed E-state index contributed by atoms with van der Waals surface area (Å²) in [6.45, 7) is 2.61. The van der Waals surface area contributed by atoms with Gasteiger partial charge < -0.3 is 15.1 Å². The smallest absolute Gasteiger partial charge is 0.253 e. The van der Waals surface area contributed by atoms with Crippen molar-refractivity contribution >= 4 is 35.8 Å². The number of carbonyl (C=O) groups is 1. The number of carbonyl (C=O) groups excluding carboxylic acids is 1. The van der Waals surface area contributed by atoms with E-state index in [-0.39, 0.29) is 29.9 Å². The number of benzene rings is 1. The second-order valence-corrected chi connectivity index (χ2v) is 7.18. The molecular weight excluding hydrogens is 467 g/mol. The van der Waals surface area contributed by atoms with Crippen LogP contribution in [0.4, 0.5) is 0 Å². The first-order valence-electron chi connectivity index (χ1n) is 9.22. The maximum Gasteiger partial charge on any atom is 0.253 e. The number of aliphatic imine (C=N–C) groups is 1. The molecule has 2 heterocycles. The van der Waals surface area contributed by atoms with E-state index in [0.717, 1.165) is 31.0 Å². The number of rotatable bonds is 4. The van der Waals surface area contributed by atoms with E-state index in [0.29, 0.717) is 18.0 Å². The van der Waals surface area contributed by atoms with Crippen LogP contribution >= 0.6 is 24.0 Å². The first kappa shape index (κ1) is 22.2. The van der Waals surface area contributed by atoms with Crippen molar-refractivity contribution in [1.29, 1.82) is 0 Å². The van der Waals surface area contributed by atoms with Crippen LogP contribution in [0.2, 0.25) is 0 Å². The van der Waals surface area contributed by atoms with Crippen molar-refractivity contribution < 1.29 is 4.79 Å². The fraction of sp³-hybridized carbons (Fsp3) is 0.450. The van der Waals surface area contributed by atoms with Gasteiger partial charge in [0.1, 0.15) is 0 Å². The van der Waals surface area contributed by atoms with Gasteiger partial charge in [0.05, 0.1) is 6.20 Å². The first-order chi connectivity index (χ1) is 13.0. The van der Waals surface area contributed by atoms with E-state index in [4.69, 9.17) is 0 Å². The van der Waals surface area contributed by atoms with E-state index in [1.165, 1.54) is 5.56 Å². The number of aryl methyl sites for hydroxylation is 1. The van der Waals surface area contributed by atoms with Crippen LogP contribution in [-0.4, -0.2) is 65.7 Å². The molecule has 0 bridgehead atoms. The standard InChI is InChI=1S/C20H28N6O.HI/c1-21-20(26-10-9-17(14-26)18-12-23-25(4)13-18)22-11-15-5-7-16(8-6-15)19(27)24(2)3;/h5-8,12-13,17H,9-11,14H2,1-4H3,(H,21,22);1H. The fourth-order valence-corrected chi connectivity index (χ4v) is 3.41. The number of amides is 1. The summed E-state index contributed by atoms with van der Waals surface area (Å²) in [6.07, 6.45) is 5.16. The second kappa shape index (κ2) is 9.90. The van der Waals surface area contributed by atoms with Crippen molar-refractivity contribution in [3.05, 3.63) is 53.3 Å². The maximum atomic E-state index is 12.0. The Balaban J connectivity index is 0.00000280. The zero-order valence-electron chi connectivity index (χ0n) is 16.9. The van der Waals surface area contributed by atoms with Gasteiger partial charge in [0, 0.05) is 65.5 Å². The quantitative estimate of drug-likeness (QED) is 0.401. The molecule has 152 valence electrons. The Hall–Kier alpha value is -2.10. The van der Waals surface area contributed by atoms with Crippen molar-refractivity contribution in [2.45, 2.75) is 18.9 Å². The van der Waals surface area contributed by atoms with E-state index in [1.54, 1.807) is 19.0 Å². The molecule has 1 aliphatic heterocycles. The Morgan fingerprint density at radius 3 is 2.61 bits per heavy atom. The van der Waals surface area contributed by atoms with Gasteiger partial charge in [0.2, 0.25) is 0 Å². The van der Waals surface area contributed by atoms with Crippen LogP contribution in [0.25, 0.3) is 0 Å². The number of nitrogens with zero attached hydrogens (tertiary/aromatic N) is 5. The monoisotopic (exact) mass is 496 g/mol. The van der Waals surface area contributed by atoms with E-state index >= 15 is 0 Å². The predicted molar refractivity (Wildman–Crippen MR) is 122 cm³/mol. The maximum absolute atomic E-state index is 12.0. The van der Waals surface area contributed by atoms with E-state index in [1.807, 2.05) is 49.2 Å². The van der Waals surface area contributed by atoms with Crippen molar-refractivity contribution in [3.63, 3.8) is 0 Å². The summed E-state index contributed by atoms with van der Waals surface area (Å²) in [6, 6.07) is 7.71. The minimum atomic E-state index is 0. The number of guanidine groups is 1. The molecule has 1 unspecified atom stereocenters. The number of hydrogen-bond donors (Lipinski definition) is 1. The average molecular weight is 496 g/mol. The van der Waals surface area contributed by atoms with Gasteiger partial charge in [-0.05, 0) is 29.7 Å². The Kier molecular flexibility index (Phi) is 7.85. The molecule has 0 aliphatic carbocycles. The molecule has 1 aromatic carbocycles. The van der Waals surface area contributed by atoms with Gasteiger partial charge in [-0.2, -0.15) is 5.10 Å². The molecule has 1 amide bonds. The Morgan fingerprint density at radius 1 is 1.32 bits per heavy atom. The second-order valence-electron chi connectivity index (χ2n) is 7.18. The highest BCUT2D eigenvalue weighted by Gasteiger charge is 2.26. The van der Waals surface area contributed by atoms with Crippen LogP contribution in [-0.2, 0) is 13.6 Å². The summed E-state index contributed by atoms with van der Waals surface area (Å²) in [5.41, 5.74) is 3.11. The molecular formula is C20H29IN6O.